The third-order valence-electron chi connectivity index (χ3n) is 4.08. The van der Waals surface area contributed by atoms with Gasteiger partial charge in [-0.25, -0.2) is 14.6 Å². The molecule has 0 spiro atoms. The van der Waals surface area contributed by atoms with E-state index in [0.717, 1.165) is 0 Å². The maximum absolute atomic E-state index is 12.4. The number of carbonyl (C=O) groups excluding carboxylic acids is 3. The smallest absolute Gasteiger partial charge is 0.339 e. The summed E-state index contributed by atoms with van der Waals surface area (Å²) in [6.07, 6.45) is -0.0260. The maximum atomic E-state index is 12.4. The number of urea groups is 1. The summed E-state index contributed by atoms with van der Waals surface area (Å²) in [5.41, 5.74) is 1.60. The van der Waals surface area contributed by atoms with Crippen LogP contribution < -0.4 is 20.7 Å². The molecule has 0 radical (unpaired) electrons. The first-order valence-corrected chi connectivity index (χ1v) is 10.0. The number of thiazole rings is 1. The fourth-order valence-corrected chi connectivity index (χ4v) is 3.39. The lowest BCUT2D eigenvalue weighted by Crippen LogP contribution is -2.20. The molecule has 0 bridgehead atoms. The van der Waals surface area contributed by atoms with Gasteiger partial charge in [-0.15, -0.1) is 11.3 Å². The average Bonchev–Trinajstić information content (AvgIpc) is 3.20. The van der Waals surface area contributed by atoms with Gasteiger partial charge in [0.15, 0.2) is 5.13 Å². The van der Waals surface area contributed by atoms with Crippen molar-refractivity contribution in [3.05, 3.63) is 65.2 Å². The van der Waals surface area contributed by atoms with Gasteiger partial charge in [-0.2, -0.15) is 0 Å². The standard InChI is InChI=1S/C21H20N4O5S/c1-29-17-10-6-5-9-16(17)24-20(28)25-21-22-13(12-31-21)11-18(26)23-15-8-4-3-7-14(15)19(27)30-2/h3-10,12H,11H2,1-2H3,(H,23,26)(H2,22,24,25,28). The molecule has 10 heteroatoms. The van der Waals surface area contributed by atoms with Gasteiger partial charge < -0.3 is 20.1 Å². The molecule has 0 aliphatic heterocycles. The second kappa shape index (κ2) is 10.2. The SMILES string of the molecule is COC(=O)c1ccccc1NC(=O)Cc1csc(NC(=O)Nc2ccccc2OC)n1. The number of rotatable bonds is 7. The van der Waals surface area contributed by atoms with Crippen LogP contribution in [0.1, 0.15) is 16.1 Å². The first-order valence-electron chi connectivity index (χ1n) is 9.12. The lowest BCUT2D eigenvalue weighted by Gasteiger charge is -2.09. The average molecular weight is 440 g/mol. The minimum absolute atomic E-state index is 0.0260. The molecule has 3 aromatic rings. The van der Waals surface area contributed by atoms with Crippen LogP contribution in [0.4, 0.5) is 21.3 Å². The van der Waals surface area contributed by atoms with Crippen molar-refractivity contribution < 1.29 is 23.9 Å². The van der Waals surface area contributed by atoms with Gasteiger partial charge in [0.05, 0.1) is 43.3 Å². The van der Waals surface area contributed by atoms with Crippen LogP contribution >= 0.6 is 11.3 Å². The van der Waals surface area contributed by atoms with Crippen molar-refractivity contribution in [2.75, 3.05) is 30.2 Å². The van der Waals surface area contributed by atoms with E-state index in [1.165, 1.54) is 25.6 Å². The Hall–Kier alpha value is -3.92. The Balaban J connectivity index is 1.58. The summed E-state index contributed by atoms with van der Waals surface area (Å²) in [4.78, 5) is 40.7. The van der Waals surface area contributed by atoms with Crippen LogP contribution in [0.25, 0.3) is 0 Å². The van der Waals surface area contributed by atoms with Crippen molar-refractivity contribution in [1.29, 1.82) is 0 Å². The van der Waals surface area contributed by atoms with Gasteiger partial charge >= 0.3 is 12.0 Å². The zero-order valence-electron chi connectivity index (χ0n) is 16.8. The number of ether oxygens (including phenoxy) is 2. The zero-order valence-corrected chi connectivity index (χ0v) is 17.6. The van der Waals surface area contributed by atoms with Crippen molar-refractivity contribution in [2.24, 2.45) is 0 Å². The van der Waals surface area contributed by atoms with Crippen molar-refractivity contribution in [3.63, 3.8) is 0 Å². The van der Waals surface area contributed by atoms with Crippen molar-refractivity contribution in [1.82, 2.24) is 4.98 Å². The largest absolute Gasteiger partial charge is 0.495 e. The van der Waals surface area contributed by atoms with Crippen molar-refractivity contribution >= 4 is 45.8 Å². The molecule has 0 saturated carbocycles. The summed E-state index contributed by atoms with van der Waals surface area (Å²) >= 11 is 1.19. The number of nitrogens with zero attached hydrogens (tertiary/aromatic N) is 1. The van der Waals surface area contributed by atoms with E-state index in [1.807, 2.05) is 0 Å². The van der Waals surface area contributed by atoms with E-state index in [2.05, 4.69) is 20.9 Å². The highest BCUT2D eigenvalue weighted by Gasteiger charge is 2.15. The van der Waals surface area contributed by atoms with Crippen LogP contribution in [-0.4, -0.2) is 37.1 Å². The fraction of sp³-hybridized carbons (Fsp3) is 0.143. The molecule has 3 amide bonds. The van der Waals surface area contributed by atoms with Crippen LogP contribution in [0.5, 0.6) is 5.75 Å². The monoisotopic (exact) mass is 440 g/mol. The molecule has 31 heavy (non-hydrogen) atoms. The zero-order chi connectivity index (χ0) is 22.2. The van der Waals surface area contributed by atoms with Gasteiger partial charge in [0, 0.05) is 5.38 Å². The topological polar surface area (TPSA) is 119 Å². The summed E-state index contributed by atoms with van der Waals surface area (Å²) in [5.74, 6) is -0.370. The molecule has 9 nitrogen and oxygen atoms in total. The molecule has 1 aromatic heterocycles. The molecule has 0 saturated heterocycles. The molecule has 0 atom stereocenters. The van der Waals surface area contributed by atoms with Gasteiger partial charge in [-0.1, -0.05) is 24.3 Å². The Bertz CT molecular complexity index is 1100. The van der Waals surface area contributed by atoms with Gasteiger partial charge in [-0.05, 0) is 24.3 Å². The molecule has 0 aliphatic rings. The third-order valence-corrected chi connectivity index (χ3v) is 4.88. The van der Waals surface area contributed by atoms with E-state index >= 15 is 0 Å². The molecule has 0 unspecified atom stereocenters. The Morgan fingerprint density at radius 1 is 0.935 bits per heavy atom. The summed E-state index contributed by atoms with van der Waals surface area (Å²) < 4.78 is 9.91. The van der Waals surface area contributed by atoms with Gasteiger partial charge in [0.1, 0.15) is 5.75 Å². The Morgan fingerprint density at radius 2 is 1.65 bits per heavy atom. The minimum atomic E-state index is -0.544. The number of methoxy groups -OCH3 is 2. The number of carbonyl (C=O) groups is 3. The highest BCUT2D eigenvalue weighted by atomic mass is 32.1. The number of anilines is 3. The van der Waals surface area contributed by atoms with E-state index < -0.39 is 12.0 Å². The van der Waals surface area contributed by atoms with Crippen LogP contribution in [0.15, 0.2) is 53.9 Å². The molecule has 0 fully saturated rings. The van der Waals surface area contributed by atoms with Crippen molar-refractivity contribution in [2.45, 2.75) is 6.42 Å². The molecule has 2 aromatic carbocycles. The minimum Gasteiger partial charge on any atom is -0.495 e. The van der Waals surface area contributed by atoms with E-state index in [9.17, 15) is 14.4 Å². The van der Waals surface area contributed by atoms with Gasteiger partial charge in [0.2, 0.25) is 5.91 Å². The summed E-state index contributed by atoms with van der Waals surface area (Å²) in [6, 6.07) is 13.1. The predicted molar refractivity (Wildman–Crippen MR) is 118 cm³/mol. The second-order valence-corrected chi connectivity index (χ2v) is 7.04. The number of benzene rings is 2. The van der Waals surface area contributed by atoms with E-state index in [0.29, 0.717) is 27.9 Å². The quantitative estimate of drug-likeness (QED) is 0.482. The first kappa shape index (κ1) is 21.8. The first-order chi connectivity index (χ1) is 15.0. The van der Waals surface area contributed by atoms with Crippen LogP contribution in [0, 0.1) is 0 Å². The molecule has 3 rings (SSSR count). The molecule has 1 heterocycles. The number of aromatic nitrogens is 1. The number of para-hydroxylation sites is 3. The lowest BCUT2D eigenvalue weighted by molar-refractivity contribution is -0.115. The highest BCUT2D eigenvalue weighted by Crippen LogP contribution is 2.24. The Labute approximate surface area is 182 Å². The molecule has 0 aliphatic carbocycles. The fourth-order valence-electron chi connectivity index (χ4n) is 2.68. The lowest BCUT2D eigenvalue weighted by atomic mass is 10.1. The summed E-state index contributed by atoms with van der Waals surface area (Å²) in [6.45, 7) is 0. The number of nitrogens with one attached hydrogen (secondary N) is 3. The second-order valence-electron chi connectivity index (χ2n) is 6.19. The normalized spacial score (nSPS) is 10.1. The third kappa shape index (κ3) is 5.80. The number of amides is 3. The van der Waals surface area contributed by atoms with Crippen molar-refractivity contribution in [3.8, 4) is 5.75 Å². The predicted octanol–water partition coefficient (Wildman–Crippen LogP) is 3.76. The van der Waals surface area contributed by atoms with E-state index in [1.54, 1.807) is 53.9 Å². The molecule has 3 N–H and O–H groups in total. The van der Waals surface area contributed by atoms with Crippen LogP contribution in [-0.2, 0) is 16.0 Å². The Morgan fingerprint density at radius 3 is 2.39 bits per heavy atom. The Kier molecular flexibility index (Phi) is 7.17. The number of hydrogen-bond acceptors (Lipinski definition) is 7. The van der Waals surface area contributed by atoms with Crippen LogP contribution in [0.3, 0.4) is 0 Å². The van der Waals surface area contributed by atoms with Gasteiger partial charge in [0.25, 0.3) is 0 Å². The van der Waals surface area contributed by atoms with Gasteiger partial charge in [-0.3, -0.25) is 10.1 Å². The van der Waals surface area contributed by atoms with E-state index in [-0.39, 0.29) is 17.9 Å². The number of hydrogen-bond donors (Lipinski definition) is 3. The maximum Gasteiger partial charge on any atom is 0.339 e. The molecular weight excluding hydrogens is 420 g/mol. The molecular formula is C21H20N4O5S. The van der Waals surface area contributed by atoms with Crippen LogP contribution in [0.2, 0.25) is 0 Å². The van der Waals surface area contributed by atoms with E-state index in [4.69, 9.17) is 9.47 Å². The summed E-state index contributed by atoms with van der Waals surface area (Å²) in [5, 5.41) is 10.00. The molecule has 160 valence electrons. The summed E-state index contributed by atoms with van der Waals surface area (Å²) in [7, 11) is 2.79. The highest BCUT2D eigenvalue weighted by molar-refractivity contribution is 7.14. The number of esters is 1.